The molecule has 4 N–H and O–H groups in total. The number of rotatable bonds is 3. The normalized spacial score (nSPS) is 27.0. The van der Waals surface area contributed by atoms with Crippen LogP contribution in [-0.2, 0) is 11.2 Å². The summed E-state index contributed by atoms with van der Waals surface area (Å²) in [6.07, 6.45) is 5.22. The Morgan fingerprint density at radius 1 is 1.48 bits per heavy atom. The highest BCUT2D eigenvalue weighted by Gasteiger charge is 2.42. The first-order valence-electron chi connectivity index (χ1n) is 8.56. The van der Waals surface area contributed by atoms with E-state index < -0.39 is 0 Å². The maximum atomic E-state index is 12.2. The Morgan fingerprint density at radius 2 is 2.35 bits per heavy atom. The summed E-state index contributed by atoms with van der Waals surface area (Å²) in [5, 5.41) is 1.37. The van der Waals surface area contributed by atoms with E-state index in [-0.39, 0.29) is 11.8 Å². The van der Waals surface area contributed by atoms with Gasteiger partial charge in [0, 0.05) is 35.6 Å². The third kappa shape index (κ3) is 2.26. The van der Waals surface area contributed by atoms with Crippen LogP contribution in [0.3, 0.4) is 0 Å². The minimum atomic E-state index is -0.0309. The second-order valence-electron chi connectivity index (χ2n) is 6.90. The van der Waals surface area contributed by atoms with Gasteiger partial charge in [-0.05, 0) is 43.0 Å². The summed E-state index contributed by atoms with van der Waals surface area (Å²) >= 11 is 0. The van der Waals surface area contributed by atoms with Crippen molar-refractivity contribution in [3.8, 4) is 0 Å². The van der Waals surface area contributed by atoms with Crippen LogP contribution in [0, 0.1) is 5.92 Å². The van der Waals surface area contributed by atoms with Gasteiger partial charge in [0.25, 0.3) is 0 Å². The first-order valence-corrected chi connectivity index (χ1v) is 8.56. The average Bonchev–Trinajstić information content (AvgIpc) is 2.99. The number of benzene rings is 1. The molecular weight excluding hydrogens is 288 g/mol. The number of nitrogens with zero attached hydrogens (tertiary/aromatic N) is 1. The van der Waals surface area contributed by atoms with Crippen LogP contribution in [0.2, 0.25) is 0 Å². The standard InChI is InChI=1S/C18H24N4O/c1-2-6-22-10-12(18(23)21-19)7-14-13-4-3-5-15-17(13)11(9-20-15)8-16(14)22/h3-5,9,12,14,16,20H,2,6-8,10,19H2,1H3,(H,21,23)/t12?,14?,16-/m1/s1. The number of hydrazine groups is 1. The van der Waals surface area contributed by atoms with E-state index in [0.717, 1.165) is 32.4 Å². The Kier molecular flexibility index (Phi) is 3.62. The fourth-order valence-corrected chi connectivity index (χ4v) is 4.65. The van der Waals surface area contributed by atoms with Gasteiger partial charge in [0.2, 0.25) is 5.91 Å². The molecular formula is C18H24N4O. The summed E-state index contributed by atoms with van der Waals surface area (Å²) < 4.78 is 0. The van der Waals surface area contributed by atoms with Crippen LogP contribution in [0.5, 0.6) is 0 Å². The second kappa shape index (κ2) is 5.65. The van der Waals surface area contributed by atoms with E-state index in [1.165, 1.54) is 22.0 Å². The zero-order valence-electron chi connectivity index (χ0n) is 13.5. The van der Waals surface area contributed by atoms with Crippen LogP contribution in [-0.4, -0.2) is 34.9 Å². The average molecular weight is 312 g/mol. The fourth-order valence-electron chi connectivity index (χ4n) is 4.65. The molecule has 0 saturated carbocycles. The van der Waals surface area contributed by atoms with Crippen LogP contribution in [0.15, 0.2) is 24.4 Å². The van der Waals surface area contributed by atoms with Gasteiger partial charge in [-0.3, -0.25) is 15.1 Å². The number of aromatic amines is 1. The zero-order valence-corrected chi connectivity index (χ0v) is 13.5. The minimum absolute atomic E-state index is 0.0245. The number of nitrogens with one attached hydrogen (secondary N) is 2. The highest BCUT2D eigenvalue weighted by atomic mass is 16.2. The smallest absolute Gasteiger partial charge is 0.238 e. The molecule has 1 saturated heterocycles. The molecule has 2 aliphatic rings. The van der Waals surface area contributed by atoms with E-state index in [2.05, 4.69) is 46.6 Å². The van der Waals surface area contributed by atoms with E-state index in [9.17, 15) is 4.79 Å². The van der Waals surface area contributed by atoms with E-state index in [0.29, 0.717) is 12.0 Å². The minimum Gasteiger partial charge on any atom is -0.361 e. The third-order valence-corrected chi connectivity index (χ3v) is 5.60. The number of fused-ring (bicyclic) bond motifs is 2. The lowest BCUT2D eigenvalue weighted by molar-refractivity contribution is -0.127. The van der Waals surface area contributed by atoms with Gasteiger partial charge in [0.05, 0.1) is 5.92 Å². The molecule has 1 aliphatic heterocycles. The number of piperidine rings is 1. The molecule has 5 heteroatoms. The number of hydrogen-bond acceptors (Lipinski definition) is 3. The van der Waals surface area contributed by atoms with Gasteiger partial charge in [-0.15, -0.1) is 0 Å². The SMILES string of the molecule is CCCN1CC(C(=O)NN)CC2c3cccc4[nH]cc(c34)C[C@H]21. The van der Waals surface area contributed by atoms with Crippen molar-refractivity contribution in [2.24, 2.45) is 11.8 Å². The lowest BCUT2D eigenvalue weighted by atomic mass is 9.72. The number of likely N-dealkylation sites (tertiary alicyclic amines) is 1. The summed E-state index contributed by atoms with van der Waals surface area (Å²) in [5.41, 5.74) is 6.38. The summed E-state index contributed by atoms with van der Waals surface area (Å²) in [4.78, 5) is 18.1. The van der Waals surface area contributed by atoms with Crippen molar-refractivity contribution in [2.75, 3.05) is 13.1 Å². The Bertz CT molecular complexity index is 738. The highest BCUT2D eigenvalue weighted by Crippen LogP contribution is 2.44. The van der Waals surface area contributed by atoms with Gasteiger partial charge >= 0.3 is 0 Å². The third-order valence-electron chi connectivity index (χ3n) is 5.60. The van der Waals surface area contributed by atoms with Crippen LogP contribution in [0.25, 0.3) is 10.9 Å². The number of carbonyl (C=O) groups is 1. The molecule has 122 valence electrons. The maximum absolute atomic E-state index is 12.2. The maximum Gasteiger partial charge on any atom is 0.238 e. The van der Waals surface area contributed by atoms with Crippen molar-refractivity contribution in [1.82, 2.24) is 15.3 Å². The predicted octanol–water partition coefficient (Wildman–Crippen LogP) is 1.90. The lowest BCUT2D eigenvalue weighted by Crippen LogP contribution is -2.53. The number of H-pyrrole nitrogens is 1. The van der Waals surface area contributed by atoms with Gasteiger partial charge in [-0.1, -0.05) is 19.1 Å². The molecule has 23 heavy (non-hydrogen) atoms. The Morgan fingerprint density at radius 3 is 3.13 bits per heavy atom. The molecule has 1 fully saturated rings. The number of hydrogen-bond donors (Lipinski definition) is 3. The van der Waals surface area contributed by atoms with Crippen molar-refractivity contribution in [1.29, 1.82) is 0 Å². The van der Waals surface area contributed by atoms with Crippen molar-refractivity contribution < 1.29 is 4.79 Å². The molecule has 5 nitrogen and oxygen atoms in total. The number of nitrogens with two attached hydrogens (primary N) is 1. The van der Waals surface area contributed by atoms with E-state index >= 15 is 0 Å². The molecule has 2 aromatic rings. The molecule has 1 aromatic heterocycles. The van der Waals surface area contributed by atoms with E-state index in [1.807, 2.05) is 0 Å². The first-order chi connectivity index (χ1) is 11.2. The summed E-state index contributed by atoms with van der Waals surface area (Å²) in [7, 11) is 0. The van der Waals surface area contributed by atoms with Crippen molar-refractivity contribution in [3.63, 3.8) is 0 Å². The molecule has 0 spiro atoms. The van der Waals surface area contributed by atoms with Gasteiger partial charge in [0.15, 0.2) is 0 Å². The molecule has 1 amide bonds. The molecule has 0 radical (unpaired) electrons. The van der Waals surface area contributed by atoms with Crippen molar-refractivity contribution in [3.05, 3.63) is 35.5 Å². The molecule has 4 rings (SSSR count). The molecule has 3 atom stereocenters. The molecule has 2 heterocycles. The van der Waals surface area contributed by atoms with Crippen LogP contribution in [0.1, 0.15) is 36.8 Å². The van der Waals surface area contributed by atoms with Gasteiger partial charge in [-0.25, -0.2) is 5.84 Å². The fraction of sp³-hybridized carbons (Fsp3) is 0.500. The van der Waals surface area contributed by atoms with Crippen LogP contribution < -0.4 is 11.3 Å². The van der Waals surface area contributed by atoms with Gasteiger partial charge in [0.1, 0.15) is 0 Å². The van der Waals surface area contributed by atoms with Crippen LogP contribution in [0.4, 0.5) is 0 Å². The topological polar surface area (TPSA) is 74.2 Å². The number of amides is 1. The van der Waals surface area contributed by atoms with Crippen LogP contribution >= 0.6 is 0 Å². The summed E-state index contributed by atoms with van der Waals surface area (Å²) in [6.45, 7) is 4.05. The number of carbonyl (C=O) groups excluding carboxylic acids is 1. The Balaban J connectivity index is 1.77. The Labute approximate surface area is 136 Å². The molecule has 1 aliphatic carbocycles. The molecule has 0 bridgehead atoms. The van der Waals surface area contributed by atoms with Crippen molar-refractivity contribution >= 4 is 16.8 Å². The predicted molar refractivity (Wildman–Crippen MR) is 90.8 cm³/mol. The largest absolute Gasteiger partial charge is 0.361 e. The molecule has 1 aromatic carbocycles. The van der Waals surface area contributed by atoms with Gasteiger partial charge in [-0.2, -0.15) is 0 Å². The number of aromatic nitrogens is 1. The monoisotopic (exact) mass is 312 g/mol. The second-order valence-corrected chi connectivity index (χ2v) is 6.90. The van der Waals surface area contributed by atoms with Crippen molar-refractivity contribution in [2.45, 2.75) is 38.1 Å². The highest BCUT2D eigenvalue weighted by molar-refractivity contribution is 5.88. The lowest BCUT2D eigenvalue weighted by Gasteiger charge is -2.46. The Hall–Kier alpha value is -1.85. The van der Waals surface area contributed by atoms with E-state index in [1.54, 1.807) is 0 Å². The van der Waals surface area contributed by atoms with E-state index in [4.69, 9.17) is 5.84 Å². The summed E-state index contributed by atoms with van der Waals surface area (Å²) in [6, 6.07) is 6.99. The van der Waals surface area contributed by atoms with Gasteiger partial charge < -0.3 is 4.98 Å². The summed E-state index contributed by atoms with van der Waals surface area (Å²) in [5.74, 6) is 5.76. The zero-order chi connectivity index (χ0) is 16.0. The first kappa shape index (κ1) is 14.7. The molecule has 2 unspecified atom stereocenters. The quantitative estimate of drug-likeness (QED) is 0.460.